The molecule has 0 saturated carbocycles. The monoisotopic (exact) mass is 360 g/mol. The molecule has 1 N–H and O–H groups in total. The molecular weight excluding hydrogens is 340 g/mol. The maximum Gasteiger partial charge on any atom is 0.285 e. The lowest BCUT2D eigenvalue weighted by molar-refractivity contribution is 0.486. The number of aryl methyl sites for hydroxylation is 4. The molecule has 5 rings (SSSR count). The van der Waals surface area contributed by atoms with Crippen molar-refractivity contribution in [2.45, 2.75) is 39.5 Å². The fraction of sp³-hybridized carbons (Fsp3) is 0.286. The van der Waals surface area contributed by atoms with Crippen molar-refractivity contribution >= 4 is 5.65 Å². The first-order chi connectivity index (χ1) is 13.1. The molecule has 0 aliphatic heterocycles. The minimum absolute atomic E-state index is 0.179. The van der Waals surface area contributed by atoms with E-state index in [1.165, 1.54) is 4.52 Å². The fourth-order valence-electron chi connectivity index (χ4n) is 3.95. The van der Waals surface area contributed by atoms with Crippen LogP contribution >= 0.6 is 0 Å². The predicted octanol–water partition coefficient (Wildman–Crippen LogP) is 3.84. The van der Waals surface area contributed by atoms with Gasteiger partial charge in [0.1, 0.15) is 11.3 Å². The van der Waals surface area contributed by atoms with Gasteiger partial charge in [-0.3, -0.25) is 9.89 Å². The van der Waals surface area contributed by atoms with Gasteiger partial charge >= 0.3 is 0 Å². The Balaban J connectivity index is 1.75. The highest BCUT2D eigenvalue weighted by Gasteiger charge is 2.24. The Kier molecular flexibility index (Phi) is 3.53. The minimum atomic E-state index is -0.179. The molecule has 3 heterocycles. The summed E-state index contributed by atoms with van der Waals surface area (Å²) in [6.45, 7) is 3.80. The molecule has 1 aliphatic carbocycles. The topological polar surface area (TPSA) is 76.2 Å². The van der Waals surface area contributed by atoms with Crippen LogP contribution < -0.4 is 5.56 Å². The third-order valence-electron chi connectivity index (χ3n) is 5.26. The van der Waals surface area contributed by atoms with Crippen molar-refractivity contribution in [2.24, 2.45) is 0 Å². The van der Waals surface area contributed by atoms with Gasteiger partial charge in [0, 0.05) is 17.7 Å². The van der Waals surface area contributed by atoms with Gasteiger partial charge < -0.3 is 4.42 Å². The van der Waals surface area contributed by atoms with Gasteiger partial charge in [-0.25, -0.2) is 14.5 Å². The number of hydrogen-bond donors (Lipinski definition) is 1. The number of nitrogens with one attached hydrogen (secondary N) is 1. The summed E-state index contributed by atoms with van der Waals surface area (Å²) in [6.07, 6.45) is 4.02. The molecule has 1 aromatic carbocycles. The van der Waals surface area contributed by atoms with Crippen molar-refractivity contribution in [1.82, 2.24) is 19.6 Å². The number of rotatable bonds is 2. The highest BCUT2D eigenvalue weighted by atomic mass is 16.4. The Morgan fingerprint density at radius 1 is 1.04 bits per heavy atom. The van der Waals surface area contributed by atoms with E-state index in [-0.39, 0.29) is 5.56 Å². The third-order valence-corrected chi connectivity index (χ3v) is 5.26. The summed E-state index contributed by atoms with van der Waals surface area (Å²) in [4.78, 5) is 22.6. The van der Waals surface area contributed by atoms with Gasteiger partial charge in [-0.1, -0.05) is 30.3 Å². The smallest absolute Gasteiger partial charge is 0.285 e. The number of aromatic nitrogens is 4. The van der Waals surface area contributed by atoms with E-state index in [9.17, 15) is 4.79 Å². The minimum Gasteiger partial charge on any atom is -0.441 e. The molecule has 27 heavy (non-hydrogen) atoms. The van der Waals surface area contributed by atoms with Crippen molar-refractivity contribution in [2.75, 3.05) is 0 Å². The lowest BCUT2D eigenvalue weighted by Gasteiger charge is -2.05. The van der Waals surface area contributed by atoms with E-state index in [4.69, 9.17) is 9.40 Å². The maximum atomic E-state index is 13.3. The maximum absolute atomic E-state index is 13.3. The van der Waals surface area contributed by atoms with Crippen molar-refractivity contribution < 1.29 is 4.42 Å². The number of aromatic amines is 1. The fourth-order valence-corrected chi connectivity index (χ4v) is 3.95. The van der Waals surface area contributed by atoms with Crippen molar-refractivity contribution in [3.8, 4) is 22.6 Å². The molecular formula is C21H20N4O2. The Hall–Kier alpha value is -3.15. The molecule has 3 aromatic heterocycles. The predicted molar refractivity (Wildman–Crippen MR) is 103 cm³/mol. The van der Waals surface area contributed by atoms with Crippen LogP contribution in [0.3, 0.4) is 0 Å². The van der Waals surface area contributed by atoms with Crippen LogP contribution in [0.2, 0.25) is 0 Å². The Morgan fingerprint density at radius 3 is 2.59 bits per heavy atom. The number of fused-ring (bicyclic) bond motifs is 2. The molecule has 0 saturated heterocycles. The largest absolute Gasteiger partial charge is 0.441 e. The number of hydrogen-bond acceptors (Lipinski definition) is 4. The van der Waals surface area contributed by atoms with Gasteiger partial charge in [0.2, 0.25) is 5.89 Å². The zero-order chi connectivity index (χ0) is 18.5. The lowest BCUT2D eigenvalue weighted by atomic mass is 10.0. The van der Waals surface area contributed by atoms with E-state index < -0.39 is 0 Å². The molecule has 4 aromatic rings. The summed E-state index contributed by atoms with van der Waals surface area (Å²) < 4.78 is 7.45. The van der Waals surface area contributed by atoms with E-state index >= 15 is 0 Å². The number of benzene rings is 1. The first-order valence-corrected chi connectivity index (χ1v) is 9.30. The molecule has 6 heteroatoms. The summed E-state index contributed by atoms with van der Waals surface area (Å²) in [7, 11) is 0. The van der Waals surface area contributed by atoms with Crippen LogP contribution in [0.25, 0.3) is 28.2 Å². The van der Waals surface area contributed by atoms with Crippen LogP contribution in [0.1, 0.15) is 35.7 Å². The van der Waals surface area contributed by atoms with Gasteiger partial charge in [0.25, 0.3) is 5.56 Å². The van der Waals surface area contributed by atoms with Gasteiger partial charge in [-0.2, -0.15) is 0 Å². The van der Waals surface area contributed by atoms with E-state index in [2.05, 4.69) is 10.1 Å². The Labute approximate surface area is 155 Å². The van der Waals surface area contributed by atoms with Gasteiger partial charge in [-0.15, -0.1) is 0 Å². The number of H-pyrrole nitrogens is 1. The van der Waals surface area contributed by atoms with Crippen LogP contribution in [-0.4, -0.2) is 19.6 Å². The van der Waals surface area contributed by atoms with Crippen LogP contribution in [0, 0.1) is 13.8 Å². The van der Waals surface area contributed by atoms with Gasteiger partial charge in [0.05, 0.1) is 11.4 Å². The van der Waals surface area contributed by atoms with Crippen LogP contribution in [0.5, 0.6) is 0 Å². The molecule has 0 bridgehead atoms. The highest BCUT2D eigenvalue weighted by Crippen LogP contribution is 2.30. The van der Waals surface area contributed by atoms with E-state index in [0.717, 1.165) is 54.0 Å². The molecule has 0 radical (unpaired) electrons. The summed E-state index contributed by atoms with van der Waals surface area (Å²) >= 11 is 0. The standard InChI is InChI=1S/C21H20N4O2/c1-12-18(20-23-15-10-6-7-11-16(15)27-20)21(26)25-19(22-12)17(13(2)24-25)14-8-4-3-5-9-14/h3-5,8-9,24H,6-7,10-11H2,1-2H3. The molecule has 0 atom stereocenters. The summed E-state index contributed by atoms with van der Waals surface area (Å²) in [5, 5.41) is 3.17. The lowest BCUT2D eigenvalue weighted by Crippen LogP contribution is -2.19. The zero-order valence-electron chi connectivity index (χ0n) is 15.4. The van der Waals surface area contributed by atoms with Crippen LogP contribution in [0.4, 0.5) is 0 Å². The molecule has 6 nitrogen and oxygen atoms in total. The van der Waals surface area contributed by atoms with E-state index in [1.807, 2.05) is 44.2 Å². The third kappa shape index (κ3) is 2.44. The Bertz CT molecular complexity index is 1190. The van der Waals surface area contributed by atoms with Crippen molar-refractivity contribution in [3.05, 3.63) is 63.5 Å². The zero-order valence-corrected chi connectivity index (χ0v) is 15.4. The molecule has 0 unspecified atom stereocenters. The normalized spacial score (nSPS) is 13.9. The van der Waals surface area contributed by atoms with Crippen molar-refractivity contribution in [3.63, 3.8) is 0 Å². The van der Waals surface area contributed by atoms with Gasteiger partial charge in [-0.05, 0) is 38.7 Å². The molecule has 0 amide bonds. The number of nitrogens with zero attached hydrogens (tertiary/aromatic N) is 3. The average molecular weight is 360 g/mol. The average Bonchev–Trinajstić information content (AvgIpc) is 3.23. The van der Waals surface area contributed by atoms with Crippen LogP contribution in [0.15, 0.2) is 39.5 Å². The second-order valence-corrected chi connectivity index (χ2v) is 7.11. The molecule has 0 fully saturated rings. The number of oxazole rings is 1. The quantitative estimate of drug-likeness (QED) is 0.589. The Morgan fingerprint density at radius 2 is 1.81 bits per heavy atom. The van der Waals surface area contributed by atoms with E-state index in [1.54, 1.807) is 0 Å². The van der Waals surface area contributed by atoms with Crippen molar-refractivity contribution in [1.29, 1.82) is 0 Å². The van der Waals surface area contributed by atoms with E-state index in [0.29, 0.717) is 22.8 Å². The summed E-state index contributed by atoms with van der Waals surface area (Å²) in [6, 6.07) is 9.98. The van der Waals surface area contributed by atoms with Crippen LogP contribution in [-0.2, 0) is 12.8 Å². The second kappa shape index (κ2) is 5.94. The molecule has 136 valence electrons. The first-order valence-electron chi connectivity index (χ1n) is 9.30. The highest BCUT2D eigenvalue weighted by molar-refractivity contribution is 5.80. The summed E-state index contributed by atoms with van der Waals surface area (Å²) in [5.41, 5.74) is 5.36. The molecule has 1 aliphatic rings. The molecule has 0 spiro atoms. The SMILES string of the molecule is Cc1nc2c(-c3ccccc3)c(C)[nH]n2c(=O)c1-c1nc2c(o1)CCCC2. The summed E-state index contributed by atoms with van der Waals surface area (Å²) in [5.74, 6) is 1.30. The van der Waals surface area contributed by atoms with Gasteiger partial charge in [0.15, 0.2) is 5.65 Å². The second-order valence-electron chi connectivity index (χ2n) is 7.11. The first kappa shape index (κ1) is 16.1.